The molecule has 0 saturated carbocycles. The normalized spacial score (nSPS) is 16.0. The molecule has 11 aromatic rings. The number of hydrogen-bond acceptors (Lipinski definition) is 2. The zero-order valence-electron chi connectivity index (χ0n) is 37.3. The first-order valence-electron chi connectivity index (χ1n) is 23.6. The smallest absolute Gasteiger partial charge is 0.137 e. The molecule has 0 saturated heterocycles. The van der Waals surface area contributed by atoms with Gasteiger partial charge in [-0.1, -0.05) is 178 Å². The monoisotopic (exact) mass is 853 g/mol. The molecule has 67 heavy (non-hydrogen) atoms. The molecule has 15 rings (SSSR count). The fraction of sp³-hybridized carbons (Fsp3) is 0.0769. The molecule has 0 bridgehead atoms. The van der Waals surface area contributed by atoms with Crippen LogP contribution in [0, 0.1) is 0 Å². The van der Waals surface area contributed by atoms with Crippen LogP contribution < -0.4 is 4.90 Å². The molecule has 1 aromatic heterocycles. The van der Waals surface area contributed by atoms with Crippen LogP contribution in [0.3, 0.4) is 0 Å². The van der Waals surface area contributed by atoms with Crippen molar-refractivity contribution < 1.29 is 4.42 Å². The van der Waals surface area contributed by atoms with Gasteiger partial charge in [0.05, 0.1) is 5.41 Å². The van der Waals surface area contributed by atoms with Gasteiger partial charge >= 0.3 is 0 Å². The Morgan fingerprint density at radius 3 is 1.63 bits per heavy atom. The Bertz CT molecular complexity index is 3960. The lowest BCUT2D eigenvalue weighted by molar-refractivity contribution is 0.660. The van der Waals surface area contributed by atoms with Crippen molar-refractivity contribution in [3.63, 3.8) is 0 Å². The molecule has 1 unspecified atom stereocenters. The topological polar surface area (TPSA) is 16.4 Å². The van der Waals surface area contributed by atoms with Gasteiger partial charge in [0, 0.05) is 39.3 Å². The second-order valence-electron chi connectivity index (χ2n) is 19.5. The number of para-hydroxylation sites is 1. The van der Waals surface area contributed by atoms with Crippen LogP contribution in [0.5, 0.6) is 0 Å². The standard InChI is InChI=1S/C65H43NO/c1-64(2)54-23-11-7-20-48(54)50-32-29-41(36-58(50)64)66(43-30-33-52-51-21-10-14-26-60(51)67-61(52)38-43)42-28-31-49-46-18-6-5-17-45(46)47-19-8-12-24-55(47)65(59(49)37-42)56-25-13-9-22-53(56)63-57(65)34-27-40-35-39-15-3-4-16-44(39)62(40)63/h3-34,36-38H,35H2,1-2H3. The molecule has 1 atom stereocenters. The first kappa shape index (κ1) is 37.1. The van der Waals surface area contributed by atoms with Gasteiger partial charge in [-0.2, -0.15) is 0 Å². The Balaban J connectivity index is 1.05. The van der Waals surface area contributed by atoms with Gasteiger partial charge in [0.1, 0.15) is 11.2 Å². The number of furan rings is 1. The fourth-order valence-corrected chi connectivity index (χ4v) is 13.1. The maximum Gasteiger partial charge on any atom is 0.137 e. The van der Waals surface area contributed by atoms with E-state index < -0.39 is 5.41 Å². The molecule has 0 aliphatic heterocycles. The molecule has 314 valence electrons. The van der Waals surface area contributed by atoms with E-state index in [-0.39, 0.29) is 5.41 Å². The Kier molecular flexibility index (Phi) is 7.31. The van der Waals surface area contributed by atoms with Crippen LogP contribution in [0.4, 0.5) is 17.1 Å². The highest BCUT2D eigenvalue weighted by Crippen LogP contribution is 2.64. The zero-order chi connectivity index (χ0) is 44.2. The van der Waals surface area contributed by atoms with Crippen LogP contribution in [0.2, 0.25) is 0 Å². The first-order chi connectivity index (χ1) is 33.0. The molecular formula is C65H43NO. The Labute approximate surface area is 390 Å². The highest BCUT2D eigenvalue weighted by molar-refractivity contribution is 6.07. The predicted octanol–water partition coefficient (Wildman–Crippen LogP) is 16.9. The van der Waals surface area contributed by atoms with E-state index >= 15 is 0 Å². The van der Waals surface area contributed by atoms with Crippen molar-refractivity contribution in [2.45, 2.75) is 31.1 Å². The molecule has 2 heteroatoms. The van der Waals surface area contributed by atoms with E-state index in [4.69, 9.17) is 4.42 Å². The van der Waals surface area contributed by atoms with Gasteiger partial charge in [-0.3, -0.25) is 0 Å². The molecule has 4 aliphatic carbocycles. The minimum absolute atomic E-state index is 0.169. The average molecular weight is 854 g/mol. The van der Waals surface area contributed by atoms with Gasteiger partial charge in [-0.15, -0.1) is 0 Å². The minimum atomic E-state index is -0.643. The summed E-state index contributed by atoms with van der Waals surface area (Å²) in [7, 11) is 0. The molecule has 2 nitrogen and oxygen atoms in total. The van der Waals surface area contributed by atoms with Crippen molar-refractivity contribution in [1.82, 2.24) is 0 Å². The summed E-state index contributed by atoms with van der Waals surface area (Å²) >= 11 is 0. The summed E-state index contributed by atoms with van der Waals surface area (Å²) in [5.41, 5.74) is 28.1. The SMILES string of the molecule is CC1(C)c2ccccc2-c2ccc(N(c3ccc4c(c3)C3(c5ccccc5-c5ccccc5-4)c4ccccc4-c4c3ccc3c4-c4ccccc4C3)c3ccc4c(c3)oc3ccccc34)cc21. The summed E-state index contributed by atoms with van der Waals surface area (Å²) in [6, 6.07) is 80.1. The second kappa shape index (κ2) is 13.2. The molecule has 10 aromatic carbocycles. The van der Waals surface area contributed by atoms with Crippen LogP contribution in [0.15, 0.2) is 217 Å². The lowest BCUT2D eigenvalue weighted by Crippen LogP contribution is -2.29. The van der Waals surface area contributed by atoms with E-state index in [1.54, 1.807) is 0 Å². The summed E-state index contributed by atoms with van der Waals surface area (Å²) < 4.78 is 6.64. The summed E-state index contributed by atoms with van der Waals surface area (Å²) in [4.78, 5) is 2.48. The van der Waals surface area contributed by atoms with E-state index in [0.717, 1.165) is 45.4 Å². The van der Waals surface area contributed by atoms with Crippen LogP contribution in [0.1, 0.15) is 58.4 Å². The summed E-state index contributed by atoms with van der Waals surface area (Å²) in [6.07, 6.45) is 0.948. The molecular weight excluding hydrogens is 811 g/mol. The number of fused-ring (bicyclic) bond motifs is 22. The number of nitrogens with zero attached hydrogens (tertiary/aromatic N) is 1. The number of benzene rings is 10. The van der Waals surface area contributed by atoms with E-state index in [1.807, 2.05) is 0 Å². The number of rotatable bonds is 3. The lowest BCUT2D eigenvalue weighted by Gasteiger charge is -2.36. The van der Waals surface area contributed by atoms with E-state index in [2.05, 4.69) is 231 Å². The highest BCUT2D eigenvalue weighted by Gasteiger charge is 2.51. The highest BCUT2D eigenvalue weighted by atomic mass is 16.3. The Hall–Kier alpha value is -8.20. The van der Waals surface area contributed by atoms with Crippen LogP contribution in [0.25, 0.3) is 77.6 Å². The van der Waals surface area contributed by atoms with Crippen molar-refractivity contribution in [2.24, 2.45) is 0 Å². The van der Waals surface area contributed by atoms with Gasteiger partial charge < -0.3 is 9.32 Å². The molecule has 1 heterocycles. The largest absolute Gasteiger partial charge is 0.456 e. The molecule has 0 amide bonds. The molecule has 4 aliphatic rings. The van der Waals surface area contributed by atoms with Crippen LogP contribution in [-0.4, -0.2) is 0 Å². The van der Waals surface area contributed by atoms with E-state index in [9.17, 15) is 0 Å². The molecule has 0 N–H and O–H groups in total. The van der Waals surface area contributed by atoms with Crippen molar-refractivity contribution >= 4 is 39.0 Å². The first-order valence-corrected chi connectivity index (χ1v) is 23.6. The van der Waals surface area contributed by atoms with Crippen molar-refractivity contribution in [2.75, 3.05) is 4.90 Å². The minimum Gasteiger partial charge on any atom is -0.456 e. The van der Waals surface area contributed by atoms with Crippen LogP contribution in [-0.2, 0) is 17.3 Å². The van der Waals surface area contributed by atoms with Gasteiger partial charge in [0.25, 0.3) is 0 Å². The van der Waals surface area contributed by atoms with Gasteiger partial charge in [0.2, 0.25) is 0 Å². The zero-order valence-corrected chi connectivity index (χ0v) is 37.3. The van der Waals surface area contributed by atoms with Crippen molar-refractivity contribution in [3.8, 4) is 55.6 Å². The Morgan fingerprint density at radius 2 is 0.866 bits per heavy atom. The third kappa shape index (κ3) is 4.79. The molecule has 0 fully saturated rings. The van der Waals surface area contributed by atoms with E-state index in [1.165, 1.54) is 100 Å². The third-order valence-electron chi connectivity index (χ3n) is 15.9. The lowest BCUT2D eigenvalue weighted by atomic mass is 9.65. The summed E-state index contributed by atoms with van der Waals surface area (Å²) in [5.74, 6) is 0. The average Bonchev–Trinajstić information content (AvgIpc) is 4.07. The van der Waals surface area contributed by atoms with Gasteiger partial charge in [-0.25, -0.2) is 0 Å². The van der Waals surface area contributed by atoms with Gasteiger partial charge in [0.15, 0.2) is 0 Å². The van der Waals surface area contributed by atoms with Gasteiger partial charge in [-0.05, 0) is 149 Å². The second-order valence-corrected chi connectivity index (χ2v) is 19.5. The predicted molar refractivity (Wildman–Crippen MR) is 276 cm³/mol. The number of hydrogen-bond donors (Lipinski definition) is 0. The fourth-order valence-electron chi connectivity index (χ4n) is 13.1. The number of anilines is 3. The maximum atomic E-state index is 6.64. The maximum absolute atomic E-state index is 6.64. The Morgan fingerprint density at radius 1 is 0.343 bits per heavy atom. The summed E-state index contributed by atoms with van der Waals surface area (Å²) in [5, 5.41) is 2.25. The quantitative estimate of drug-likeness (QED) is 0.176. The molecule has 1 spiro atoms. The van der Waals surface area contributed by atoms with E-state index in [0.29, 0.717) is 0 Å². The summed E-state index contributed by atoms with van der Waals surface area (Å²) in [6.45, 7) is 4.74. The van der Waals surface area contributed by atoms with Crippen molar-refractivity contribution in [3.05, 3.63) is 257 Å². The van der Waals surface area contributed by atoms with Crippen LogP contribution >= 0.6 is 0 Å². The third-order valence-corrected chi connectivity index (χ3v) is 15.9. The van der Waals surface area contributed by atoms with Crippen molar-refractivity contribution in [1.29, 1.82) is 0 Å². The molecule has 0 radical (unpaired) electrons.